The van der Waals surface area contributed by atoms with Gasteiger partial charge < -0.3 is 10.1 Å². The Kier molecular flexibility index (Phi) is 7.37. The van der Waals surface area contributed by atoms with Crippen LogP contribution in [0.3, 0.4) is 0 Å². The summed E-state index contributed by atoms with van der Waals surface area (Å²) < 4.78 is 5.47. The van der Waals surface area contributed by atoms with E-state index in [0.29, 0.717) is 29.5 Å². The van der Waals surface area contributed by atoms with E-state index in [1.165, 1.54) is 16.7 Å². The molecular weight excluding hydrogens is 410 g/mol. The molecule has 1 N–H and O–H groups in total. The van der Waals surface area contributed by atoms with Crippen molar-refractivity contribution in [2.45, 2.75) is 38.5 Å². The second-order valence-electron chi connectivity index (χ2n) is 7.01. The molecule has 0 aliphatic carbocycles. The van der Waals surface area contributed by atoms with Crippen LogP contribution in [0.4, 0.5) is 5.69 Å². The van der Waals surface area contributed by atoms with Crippen LogP contribution in [0.1, 0.15) is 38.8 Å². The highest BCUT2D eigenvalue weighted by Gasteiger charge is 2.40. The first-order valence-electron chi connectivity index (χ1n) is 10.2. The first-order chi connectivity index (χ1) is 15.0. The van der Waals surface area contributed by atoms with E-state index in [1.54, 1.807) is 24.3 Å². The lowest BCUT2D eigenvalue weighted by Crippen LogP contribution is -2.32. The van der Waals surface area contributed by atoms with Gasteiger partial charge in [-0.1, -0.05) is 49.0 Å². The number of ether oxygens (including phenoxy) is 1. The zero-order valence-corrected chi connectivity index (χ0v) is 18.6. The number of thioether (sulfide) groups is 1. The van der Waals surface area contributed by atoms with Crippen LogP contribution in [0.25, 0.3) is 0 Å². The van der Waals surface area contributed by atoms with Gasteiger partial charge >= 0.3 is 0 Å². The third-order valence-electron chi connectivity index (χ3n) is 4.93. The molecule has 0 bridgehead atoms. The number of nitrogens with zero attached hydrogens (tertiary/aromatic N) is 2. The minimum absolute atomic E-state index is 0.0639. The number of carbonyl (C=O) groups is 2. The first-order valence-corrected chi connectivity index (χ1v) is 11.1. The van der Waals surface area contributed by atoms with Crippen LogP contribution < -0.4 is 15.0 Å². The smallest absolute Gasteiger partial charge is 0.265 e. The summed E-state index contributed by atoms with van der Waals surface area (Å²) in [6.45, 7) is 6.21. The molecule has 1 aliphatic heterocycles. The summed E-state index contributed by atoms with van der Waals surface area (Å²) in [5.74, 6) is 0.0585. The second-order valence-corrected chi connectivity index (χ2v) is 8.20. The van der Waals surface area contributed by atoms with Gasteiger partial charge in [0.2, 0.25) is 5.91 Å². The SMILES string of the molecule is CCOc1ccc(N2C(=O)C(CC)S/C2=C(/C#N)C(=O)NC(C)c2ccccc2)cc1. The Hall–Kier alpha value is -3.24. The molecule has 31 heavy (non-hydrogen) atoms. The molecule has 2 atom stereocenters. The molecule has 1 heterocycles. The van der Waals surface area contributed by atoms with E-state index in [9.17, 15) is 14.9 Å². The van der Waals surface area contributed by atoms with Gasteiger partial charge in [-0.3, -0.25) is 14.5 Å². The normalized spacial score (nSPS) is 18.3. The lowest BCUT2D eigenvalue weighted by molar-refractivity contribution is -0.117. The van der Waals surface area contributed by atoms with Gasteiger partial charge in [0.15, 0.2) is 0 Å². The molecule has 7 heteroatoms. The van der Waals surface area contributed by atoms with Crippen molar-refractivity contribution in [3.05, 3.63) is 70.8 Å². The second kappa shape index (κ2) is 10.2. The molecule has 1 fully saturated rings. The Balaban J connectivity index is 1.94. The van der Waals surface area contributed by atoms with E-state index in [0.717, 1.165) is 5.56 Å². The van der Waals surface area contributed by atoms with Gasteiger partial charge in [0, 0.05) is 5.69 Å². The highest BCUT2D eigenvalue weighted by molar-refractivity contribution is 8.05. The van der Waals surface area contributed by atoms with E-state index >= 15 is 0 Å². The van der Waals surface area contributed by atoms with E-state index in [-0.39, 0.29) is 22.8 Å². The molecule has 2 aromatic carbocycles. The van der Waals surface area contributed by atoms with Crippen LogP contribution in [0, 0.1) is 11.3 Å². The highest BCUT2D eigenvalue weighted by Crippen LogP contribution is 2.42. The summed E-state index contributed by atoms with van der Waals surface area (Å²) >= 11 is 1.26. The molecule has 6 nitrogen and oxygen atoms in total. The van der Waals surface area contributed by atoms with Crippen molar-refractivity contribution in [2.24, 2.45) is 0 Å². The number of benzene rings is 2. The van der Waals surface area contributed by atoms with Crippen LogP contribution in [-0.4, -0.2) is 23.7 Å². The number of rotatable bonds is 7. The largest absolute Gasteiger partial charge is 0.494 e. The molecule has 2 unspecified atom stereocenters. The summed E-state index contributed by atoms with van der Waals surface area (Å²) in [6.07, 6.45) is 0.598. The topological polar surface area (TPSA) is 82.4 Å². The van der Waals surface area contributed by atoms with Crippen LogP contribution in [-0.2, 0) is 9.59 Å². The van der Waals surface area contributed by atoms with Crippen molar-refractivity contribution in [3.8, 4) is 11.8 Å². The number of amides is 2. The van der Waals surface area contributed by atoms with E-state index in [2.05, 4.69) is 5.32 Å². The monoisotopic (exact) mass is 435 g/mol. The van der Waals surface area contributed by atoms with Crippen LogP contribution in [0.15, 0.2) is 65.2 Å². The molecule has 0 radical (unpaired) electrons. The number of hydrogen-bond acceptors (Lipinski definition) is 5. The number of nitriles is 1. The van der Waals surface area contributed by atoms with E-state index in [4.69, 9.17) is 4.74 Å². The Morgan fingerprint density at radius 2 is 1.87 bits per heavy atom. The molecule has 0 spiro atoms. The van der Waals surface area contributed by atoms with Crippen molar-refractivity contribution in [3.63, 3.8) is 0 Å². The number of carbonyl (C=O) groups excluding carboxylic acids is 2. The summed E-state index contributed by atoms with van der Waals surface area (Å²) in [6, 6.07) is 18.4. The van der Waals surface area contributed by atoms with Crippen molar-refractivity contribution in [1.29, 1.82) is 5.26 Å². The highest BCUT2D eigenvalue weighted by atomic mass is 32.2. The number of hydrogen-bond donors (Lipinski definition) is 1. The molecule has 2 amide bonds. The van der Waals surface area contributed by atoms with Crippen molar-refractivity contribution in [1.82, 2.24) is 5.32 Å². The van der Waals surface area contributed by atoms with Gasteiger partial charge in [-0.2, -0.15) is 5.26 Å². The summed E-state index contributed by atoms with van der Waals surface area (Å²) in [5.41, 5.74) is 1.47. The first kappa shape index (κ1) is 22.4. The zero-order chi connectivity index (χ0) is 22.4. The molecule has 0 saturated carbocycles. The third-order valence-corrected chi connectivity index (χ3v) is 6.36. The Morgan fingerprint density at radius 1 is 1.19 bits per heavy atom. The molecule has 160 valence electrons. The minimum atomic E-state index is -0.498. The van der Waals surface area contributed by atoms with Crippen LogP contribution in [0.2, 0.25) is 0 Å². The maximum absolute atomic E-state index is 13.0. The van der Waals surface area contributed by atoms with E-state index < -0.39 is 5.91 Å². The number of anilines is 1. The standard InChI is InChI=1S/C24H25N3O3S/c1-4-21-23(29)27(18-11-13-19(14-12-18)30-5-2)24(31-21)20(15-25)22(28)26-16(3)17-9-7-6-8-10-17/h6-14,16,21H,4-5H2,1-3H3,(H,26,28)/b24-20-. The van der Waals surface area contributed by atoms with Gasteiger partial charge in [0.25, 0.3) is 5.91 Å². The molecule has 1 aliphatic rings. The molecule has 2 aromatic rings. The number of nitrogens with one attached hydrogen (secondary N) is 1. The van der Waals surface area contributed by atoms with Gasteiger partial charge in [0.05, 0.1) is 17.9 Å². The summed E-state index contributed by atoms with van der Waals surface area (Å²) in [4.78, 5) is 27.5. The Labute approximate surface area is 186 Å². The van der Waals surface area contributed by atoms with Gasteiger partial charge in [-0.25, -0.2) is 0 Å². The summed E-state index contributed by atoms with van der Waals surface area (Å²) in [5, 5.41) is 12.7. The molecule has 1 saturated heterocycles. The van der Waals surface area contributed by atoms with Crippen molar-refractivity contribution in [2.75, 3.05) is 11.5 Å². The Bertz CT molecular complexity index is 1010. The maximum Gasteiger partial charge on any atom is 0.265 e. The minimum Gasteiger partial charge on any atom is -0.494 e. The average molecular weight is 436 g/mol. The molecule has 3 rings (SSSR count). The quantitative estimate of drug-likeness (QED) is 0.509. The van der Waals surface area contributed by atoms with Crippen molar-refractivity contribution < 1.29 is 14.3 Å². The lowest BCUT2D eigenvalue weighted by atomic mass is 10.1. The van der Waals surface area contributed by atoms with Crippen molar-refractivity contribution >= 4 is 29.3 Å². The maximum atomic E-state index is 13.0. The third kappa shape index (κ3) is 4.92. The fourth-order valence-corrected chi connectivity index (χ4v) is 4.50. The molecular formula is C24H25N3O3S. The fraction of sp³-hybridized carbons (Fsp3) is 0.292. The fourth-order valence-electron chi connectivity index (χ4n) is 3.30. The van der Waals surface area contributed by atoms with E-state index in [1.807, 2.05) is 57.2 Å². The van der Waals surface area contributed by atoms with Crippen LogP contribution >= 0.6 is 11.8 Å². The zero-order valence-electron chi connectivity index (χ0n) is 17.8. The molecule has 0 aromatic heterocycles. The summed E-state index contributed by atoms with van der Waals surface area (Å²) in [7, 11) is 0. The van der Waals surface area contributed by atoms with Gasteiger partial charge in [-0.15, -0.1) is 0 Å². The van der Waals surface area contributed by atoms with Gasteiger partial charge in [0.1, 0.15) is 22.4 Å². The predicted molar refractivity (Wildman–Crippen MR) is 122 cm³/mol. The Morgan fingerprint density at radius 3 is 2.45 bits per heavy atom. The van der Waals surface area contributed by atoms with Gasteiger partial charge in [-0.05, 0) is 50.1 Å². The lowest BCUT2D eigenvalue weighted by Gasteiger charge is -2.20. The predicted octanol–water partition coefficient (Wildman–Crippen LogP) is 4.56. The average Bonchev–Trinajstić information content (AvgIpc) is 3.11. The van der Waals surface area contributed by atoms with Crippen LogP contribution in [0.5, 0.6) is 5.75 Å².